The zero-order chi connectivity index (χ0) is 54.5. The zero-order valence-electron chi connectivity index (χ0n) is 45.5. The molecule has 3 aliphatic rings. The minimum absolute atomic E-state index is 0.0256. The average molecular weight is 1030 g/mol. The van der Waals surface area contributed by atoms with Crippen molar-refractivity contribution < 1.29 is 62.5 Å². The lowest BCUT2D eigenvalue weighted by Gasteiger charge is -2.41. The van der Waals surface area contributed by atoms with E-state index in [1.54, 1.807) is 75.8 Å². The number of carbonyl (C=O) groups excluding carboxylic acids is 8. The van der Waals surface area contributed by atoms with Crippen LogP contribution in [-0.2, 0) is 52.6 Å². The summed E-state index contributed by atoms with van der Waals surface area (Å²) in [5.41, 5.74) is -0.403. The minimum atomic E-state index is -1.08. The SMILES string of the molecule is CC[C@H](C)[C@@H]([C@@H](CC(=O)N1CCC[C@H]1[C@H](OC)[C@@H](C)C(=O)N[C@H](C)[C@@H](O)c1ccccc1)OC)N(C)C(=O)[C@@H](NC(=O)[C@H](C(C)C)N(C)C(=O)O[C@H]1/C=C/CC[C@@](C)(C(=O)ON2C(=O)CCC2=O)CC1)C(C)C. The van der Waals surface area contributed by atoms with E-state index in [-0.39, 0.29) is 49.8 Å². The number of aliphatic hydroxyl groups is 1. The number of amides is 7. The van der Waals surface area contributed by atoms with Gasteiger partial charge in [0.25, 0.3) is 11.8 Å². The molecule has 1 aromatic rings. The van der Waals surface area contributed by atoms with Gasteiger partial charge in [-0.15, -0.1) is 5.06 Å². The highest BCUT2D eigenvalue weighted by Gasteiger charge is 2.45. The summed E-state index contributed by atoms with van der Waals surface area (Å²) in [6.07, 6.45) is 2.71. The van der Waals surface area contributed by atoms with Crippen LogP contribution < -0.4 is 10.6 Å². The lowest BCUT2D eigenvalue weighted by Crippen LogP contribution is -2.60. The van der Waals surface area contributed by atoms with Crippen LogP contribution in [0.4, 0.5) is 4.79 Å². The highest BCUT2D eigenvalue weighted by molar-refractivity contribution is 6.01. The highest BCUT2D eigenvalue weighted by atomic mass is 16.7. The fourth-order valence-electron chi connectivity index (χ4n) is 10.4. The van der Waals surface area contributed by atoms with Crippen molar-refractivity contribution in [2.75, 3.05) is 34.9 Å². The van der Waals surface area contributed by atoms with Crippen LogP contribution in [-0.4, -0.2) is 156 Å². The Kier molecular flexibility index (Phi) is 22.4. The minimum Gasteiger partial charge on any atom is -0.442 e. The number of hydrogen-bond donors (Lipinski definition) is 3. The molecule has 1 aliphatic carbocycles. The van der Waals surface area contributed by atoms with Gasteiger partial charge in [0, 0.05) is 47.7 Å². The molecular weight excluding hydrogens is 941 g/mol. The van der Waals surface area contributed by atoms with Crippen LogP contribution in [0.2, 0.25) is 0 Å². The Labute approximate surface area is 432 Å². The fraction of sp³-hybridized carbons (Fsp3) is 0.704. The van der Waals surface area contributed by atoms with Gasteiger partial charge in [0.05, 0.1) is 54.2 Å². The number of nitrogens with one attached hydrogen (secondary N) is 2. The highest BCUT2D eigenvalue weighted by Crippen LogP contribution is 2.36. The van der Waals surface area contributed by atoms with Crippen LogP contribution in [0.1, 0.15) is 138 Å². The fourth-order valence-corrected chi connectivity index (χ4v) is 10.4. The smallest absolute Gasteiger partial charge is 0.410 e. The number of hydrogen-bond acceptors (Lipinski definition) is 13. The second-order valence-corrected chi connectivity index (χ2v) is 21.2. The van der Waals surface area contributed by atoms with Crippen molar-refractivity contribution in [3.05, 3.63) is 48.0 Å². The van der Waals surface area contributed by atoms with Crippen molar-refractivity contribution in [1.29, 1.82) is 0 Å². The van der Waals surface area contributed by atoms with Crippen molar-refractivity contribution in [2.45, 2.75) is 181 Å². The van der Waals surface area contributed by atoms with Gasteiger partial charge >= 0.3 is 12.1 Å². The van der Waals surface area contributed by atoms with Gasteiger partial charge in [-0.1, -0.05) is 91.3 Å². The maximum Gasteiger partial charge on any atom is 0.410 e. The first-order valence-corrected chi connectivity index (χ1v) is 26.1. The third-order valence-corrected chi connectivity index (χ3v) is 15.2. The number of carbonyl (C=O) groups is 8. The molecule has 12 atom stereocenters. The summed E-state index contributed by atoms with van der Waals surface area (Å²) in [4.78, 5) is 118. The summed E-state index contributed by atoms with van der Waals surface area (Å²) in [7, 11) is 6.13. The molecule has 73 heavy (non-hydrogen) atoms. The Balaban J connectivity index is 1.43. The molecule has 0 radical (unpaired) electrons. The molecule has 3 N–H and O–H groups in total. The van der Waals surface area contributed by atoms with E-state index in [1.165, 1.54) is 26.2 Å². The molecule has 0 unspecified atom stereocenters. The number of allylic oxidation sites excluding steroid dienone is 1. The van der Waals surface area contributed by atoms with E-state index in [1.807, 2.05) is 45.9 Å². The molecule has 19 nitrogen and oxygen atoms in total. The Hall–Kier alpha value is -5.40. The molecule has 2 heterocycles. The number of nitrogens with zero attached hydrogens (tertiary/aromatic N) is 4. The molecule has 408 valence electrons. The van der Waals surface area contributed by atoms with E-state index >= 15 is 0 Å². The molecular formula is C54H84N6O13. The second-order valence-electron chi connectivity index (χ2n) is 21.2. The van der Waals surface area contributed by atoms with Gasteiger partial charge < -0.3 is 44.6 Å². The summed E-state index contributed by atoms with van der Waals surface area (Å²) >= 11 is 0. The summed E-state index contributed by atoms with van der Waals surface area (Å²) in [5, 5.41) is 17.3. The lowest BCUT2D eigenvalue weighted by atomic mass is 9.79. The Morgan fingerprint density at radius 3 is 2.07 bits per heavy atom. The molecule has 0 saturated carbocycles. The first kappa shape index (κ1) is 60.2. The van der Waals surface area contributed by atoms with E-state index in [9.17, 15) is 43.5 Å². The van der Waals surface area contributed by atoms with E-state index in [4.69, 9.17) is 19.0 Å². The molecule has 2 fully saturated rings. The largest absolute Gasteiger partial charge is 0.442 e. The standard InChI is InChI=1S/C54H84N6O13/c1-14-34(6)46(40(70-12)31-43(63)59-30-20-24-39(59)48(71-13)35(7)49(65)55-36(8)47(64)37-21-16-15-17-22-37)57(10)51(67)44(32(2)3)56-50(66)45(33(4)5)58(11)53(69)72-38-23-18-19-28-54(9,29-27-38)52(68)73-60-41(61)25-26-42(60)62/h15-18,21-23,32-36,38-40,44-48,64H,14,19-20,24-31H2,1-13H3,(H,55,65)(H,56,66)/b23-18+/t34-,35+,36+,38-,39-,40+,44-,45-,46-,47+,48+,54+/m0/s1. The van der Waals surface area contributed by atoms with Gasteiger partial charge in [0.2, 0.25) is 23.6 Å². The molecule has 0 spiro atoms. The molecule has 7 amide bonds. The molecule has 2 aliphatic heterocycles. The number of likely N-dealkylation sites (tertiary alicyclic amines) is 1. The average Bonchev–Trinajstić information content (AvgIpc) is 3.97. The normalized spacial score (nSPS) is 23.5. The monoisotopic (exact) mass is 1020 g/mol. The van der Waals surface area contributed by atoms with Crippen LogP contribution in [0, 0.1) is 29.1 Å². The third kappa shape index (κ3) is 15.1. The Bertz CT molecular complexity index is 2090. The quantitative estimate of drug-likeness (QED) is 0.0911. The van der Waals surface area contributed by atoms with Gasteiger partial charge in [-0.05, 0) is 81.8 Å². The van der Waals surface area contributed by atoms with Gasteiger partial charge in [0.1, 0.15) is 18.2 Å². The number of methoxy groups -OCH3 is 2. The van der Waals surface area contributed by atoms with E-state index in [2.05, 4.69) is 10.6 Å². The Morgan fingerprint density at radius 1 is 0.849 bits per heavy atom. The first-order chi connectivity index (χ1) is 34.4. The third-order valence-electron chi connectivity index (χ3n) is 15.2. The van der Waals surface area contributed by atoms with Crippen molar-refractivity contribution in [1.82, 2.24) is 30.4 Å². The molecule has 19 heteroatoms. The van der Waals surface area contributed by atoms with Crippen molar-refractivity contribution >= 4 is 47.5 Å². The molecule has 4 rings (SSSR count). The number of hydroxylamine groups is 2. The molecule has 0 bridgehead atoms. The van der Waals surface area contributed by atoms with E-state index in [0.29, 0.717) is 49.3 Å². The van der Waals surface area contributed by atoms with Crippen LogP contribution in [0.15, 0.2) is 42.5 Å². The van der Waals surface area contributed by atoms with Gasteiger partial charge in [-0.25, -0.2) is 9.59 Å². The van der Waals surface area contributed by atoms with E-state index < -0.39 is 113 Å². The van der Waals surface area contributed by atoms with Crippen molar-refractivity contribution in [3.63, 3.8) is 0 Å². The number of aliphatic hydroxyl groups excluding tert-OH is 1. The van der Waals surface area contributed by atoms with Crippen LogP contribution >= 0.6 is 0 Å². The number of imide groups is 1. The molecule has 2 saturated heterocycles. The predicted octanol–water partition coefficient (Wildman–Crippen LogP) is 5.49. The summed E-state index contributed by atoms with van der Waals surface area (Å²) in [6.45, 7) is 16.8. The number of benzene rings is 1. The second kappa shape index (κ2) is 27.2. The van der Waals surface area contributed by atoms with Crippen molar-refractivity contribution in [3.8, 4) is 0 Å². The zero-order valence-corrected chi connectivity index (χ0v) is 45.5. The molecule has 0 aromatic heterocycles. The maximum atomic E-state index is 14.7. The van der Waals surface area contributed by atoms with Gasteiger partial charge in [-0.3, -0.25) is 33.7 Å². The summed E-state index contributed by atoms with van der Waals surface area (Å²) in [5.74, 6) is -5.00. The topological polar surface area (TPSA) is 231 Å². The van der Waals surface area contributed by atoms with Gasteiger partial charge in [-0.2, -0.15) is 0 Å². The summed E-state index contributed by atoms with van der Waals surface area (Å²) < 4.78 is 17.9. The van der Waals surface area contributed by atoms with E-state index in [0.717, 1.165) is 0 Å². The van der Waals surface area contributed by atoms with Gasteiger partial charge in [0.15, 0.2) is 0 Å². The number of ether oxygens (including phenoxy) is 3. The number of rotatable bonds is 23. The predicted molar refractivity (Wildman–Crippen MR) is 271 cm³/mol. The Morgan fingerprint density at radius 2 is 1.49 bits per heavy atom. The van der Waals surface area contributed by atoms with Crippen LogP contribution in [0.3, 0.4) is 0 Å². The van der Waals surface area contributed by atoms with Crippen LogP contribution in [0.25, 0.3) is 0 Å². The number of likely N-dealkylation sites (N-methyl/N-ethyl adjacent to an activating group) is 2. The van der Waals surface area contributed by atoms with Crippen LogP contribution in [0.5, 0.6) is 0 Å². The summed E-state index contributed by atoms with van der Waals surface area (Å²) in [6, 6.07) is 5.39. The molecule has 1 aromatic carbocycles. The van der Waals surface area contributed by atoms with Crippen molar-refractivity contribution in [2.24, 2.45) is 29.1 Å². The lowest BCUT2D eigenvalue weighted by molar-refractivity contribution is -0.205. The maximum absolute atomic E-state index is 14.7. The first-order valence-electron chi connectivity index (χ1n) is 26.1.